The predicted octanol–water partition coefficient (Wildman–Crippen LogP) is 0.935. The maximum atomic E-state index is 8.85. The van der Waals surface area contributed by atoms with Crippen molar-refractivity contribution in [1.82, 2.24) is 0 Å². The second-order valence-electron chi connectivity index (χ2n) is 2.93. The van der Waals surface area contributed by atoms with Gasteiger partial charge in [0.1, 0.15) is 0 Å². The van der Waals surface area contributed by atoms with Gasteiger partial charge < -0.3 is 9.84 Å². The average Bonchev–Trinajstić information content (AvgIpc) is 1.60. The van der Waals surface area contributed by atoms with Crippen molar-refractivity contribution in [3.05, 3.63) is 0 Å². The Morgan fingerprint density at radius 1 is 1.44 bits per heavy atom. The van der Waals surface area contributed by atoms with E-state index in [0.717, 1.165) is 12.8 Å². The van der Waals surface area contributed by atoms with E-state index in [-0.39, 0.29) is 6.10 Å². The molecule has 0 saturated heterocycles. The first-order valence-electron chi connectivity index (χ1n) is 3.52. The summed E-state index contributed by atoms with van der Waals surface area (Å²) in [7, 11) is 0. The molecule has 1 fully saturated rings. The van der Waals surface area contributed by atoms with Crippen molar-refractivity contribution in [2.75, 3.05) is 0 Å². The second kappa shape index (κ2) is 2.67. The largest absolute Gasteiger partial charge is 0.393 e. The summed E-state index contributed by atoms with van der Waals surface area (Å²) in [5.74, 6) is 0. The lowest BCUT2D eigenvalue weighted by Crippen LogP contribution is -2.36. The number of hydrogen-bond donors (Lipinski definition) is 1. The number of aliphatic hydroxyl groups is 1. The summed E-state index contributed by atoms with van der Waals surface area (Å²) in [6.07, 6.45) is 2.22. The van der Waals surface area contributed by atoms with E-state index in [1.54, 1.807) is 0 Å². The fourth-order valence-corrected chi connectivity index (χ4v) is 1.03. The summed E-state index contributed by atoms with van der Waals surface area (Å²) in [6.45, 7) is 4.04. The highest BCUT2D eigenvalue weighted by Gasteiger charge is 2.28. The summed E-state index contributed by atoms with van der Waals surface area (Å²) < 4.78 is 5.40. The van der Waals surface area contributed by atoms with Crippen molar-refractivity contribution in [2.45, 2.75) is 45.0 Å². The molecule has 9 heavy (non-hydrogen) atoms. The molecule has 1 saturated carbocycles. The first-order chi connectivity index (χ1) is 4.18. The molecule has 1 aliphatic rings. The second-order valence-corrected chi connectivity index (χ2v) is 2.93. The molecule has 0 heterocycles. The summed E-state index contributed by atoms with van der Waals surface area (Å²) in [4.78, 5) is 0. The van der Waals surface area contributed by atoms with Crippen LogP contribution in [0.25, 0.3) is 0 Å². The van der Waals surface area contributed by atoms with E-state index in [9.17, 15) is 0 Å². The average molecular weight is 130 g/mol. The van der Waals surface area contributed by atoms with Crippen molar-refractivity contribution in [2.24, 2.45) is 0 Å². The fourth-order valence-electron chi connectivity index (χ4n) is 1.03. The van der Waals surface area contributed by atoms with Gasteiger partial charge in [0.15, 0.2) is 0 Å². The van der Waals surface area contributed by atoms with Crippen molar-refractivity contribution in [3.63, 3.8) is 0 Å². The van der Waals surface area contributed by atoms with Crippen LogP contribution in [0.15, 0.2) is 0 Å². The van der Waals surface area contributed by atoms with E-state index in [0.29, 0.717) is 12.2 Å². The Balaban J connectivity index is 2.04. The van der Waals surface area contributed by atoms with Gasteiger partial charge in [0, 0.05) is 0 Å². The molecule has 0 amide bonds. The van der Waals surface area contributed by atoms with Crippen molar-refractivity contribution >= 4 is 0 Å². The molecule has 0 radical (unpaired) electrons. The molecule has 0 spiro atoms. The molecule has 54 valence electrons. The maximum Gasteiger partial charge on any atom is 0.0627 e. The Labute approximate surface area is 55.8 Å². The minimum absolute atomic E-state index is 0.0891. The quantitative estimate of drug-likeness (QED) is 0.602. The highest BCUT2D eigenvalue weighted by molar-refractivity contribution is 4.79. The molecule has 0 bridgehead atoms. The van der Waals surface area contributed by atoms with E-state index in [1.165, 1.54) is 0 Å². The van der Waals surface area contributed by atoms with Gasteiger partial charge in [-0.2, -0.15) is 0 Å². The summed E-state index contributed by atoms with van der Waals surface area (Å²) in [5.41, 5.74) is 0. The molecule has 2 nitrogen and oxygen atoms in total. The van der Waals surface area contributed by atoms with E-state index in [1.807, 2.05) is 13.8 Å². The van der Waals surface area contributed by atoms with Crippen molar-refractivity contribution in [3.8, 4) is 0 Å². The number of aliphatic hydroxyl groups excluding tert-OH is 1. The minimum atomic E-state index is -0.0891. The highest BCUT2D eigenvalue weighted by Crippen LogP contribution is 2.23. The highest BCUT2D eigenvalue weighted by atomic mass is 16.5. The van der Waals surface area contributed by atoms with Gasteiger partial charge in [-0.25, -0.2) is 0 Å². The molecule has 2 heteroatoms. The maximum absolute atomic E-state index is 8.85. The molecular weight excluding hydrogens is 116 g/mol. The Kier molecular flexibility index (Phi) is 2.09. The van der Waals surface area contributed by atoms with Gasteiger partial charge in [-0.3, -0.25) is 0 Å². The summed E-state index contributed by atoms with van der Waals surface area (Å²) in [6, 6.07) is 0. The molecular formula is C7H14O2. The zero-order valence-corrected chi connectivity index (χ0v) is 6.00. The van der Waals surface area contributed by atoms with E-state index < -0.39 is 0 Å². The zero-order valence-electron chi connectivity index (χ0n) is 6.00. The monoisotopic (exact) mass is 130 g/mol. The van der Waals surface area contributed by atoms with Crippen LogP contribution in [0.5, 0.6) is 0 Å². The fraction of sp³-hybridized carbons (Fsp3) is 1.00. The number of hydrogen-bond acceptors (Lipinski definition) is 2. The van der Waals surface area contributed by atoms with Gasteiger partial charge in [0.05, 0.1) is 18.3 Å². The lowest BCUT2D eigenvalue weighted by molar-refractivity contribution is -0.0932. The van der Waals surface area contributed by atoms with E-state index >= 15 is 0 Å². The molecule has 0 atom stereocenters. The number of ether oxygens (including phenoxy) is 1. The lowest BCUT2D eigenvalue weighted by Gasteiger charge is -2.32. The smallest absolute Gasteiger partial charge is 0.0627 e. The van der Waals surface area contributed by atoms with Gasteiger partial charge in [-0.1, -0.05) is 0 Å². The molecule has 0 aliphatic heterocycles. The third kappa shape index (κ3) is 1.95. The van der Waals surface area contributed by atoms with E-state index in [2.05, 4.69) is 0 Å². The Hall–Kier alpha value is -0.0800. The first kappa shape index (κ1) is 7.03. The number of rotatable bonds is 2. The van der Waals surface area contributed by atoms with Crippen LogP contribution in [-0.4, -0.2) is 23.4 Å². The molecule has 0 aromatic carbocycles. The minimum Gasteiger partial charge on any atom is -0.393 e. The molecule has 0 aromatic heterocycles. The predicted molar refractivity (Wildman–Crippen MR) is 35.2 cm³/mol. The third-order valence-corrected chi connectivity index (χ3v) is 1.53. The molecule has 0 unspecified atom stereocenters. The van der Waals surface area contributed by atoms with Crippen LogP contribution in [0.2, 0.25) is 0 Å². The molecule has 1 aliphatic carbocycles. The Morgan fingerprint density at radius 2 is 2.00 bits per heavy atom. The summed E-state index contributed by atoms with van der Waals surface area (Å²) in [5, 5.41) is 8.85. The summed E-state index contributed by atoms with van der Waals surface area (Å²) >= 11 is 0. The van der Waals surface area contributed by atoms with E-state index in [4.69, 9.17) is 9.84 Å². The van der Waals surface area contributed by atoms with Gasteiger partial charge in [-0.05, 0) is 26.7 Å². The molecule has 0 aromatic rings. The third-order valence-electron chi connectivity index (χ3n) is 1.53. The standard InChI is InChI=1S/C7H14O2/c1-5(2)9-7-3-6(8)4-7/h5-8H,3-4H2,1-2H3. The zero-order chi connectivity index (χ0) is 6.85. The SMILES string of the molecule is CC(C)OC1CC(O)C1. The van der Waals surface area contributed by atoms with Crippen LogP contribution < -0.4 is 0 Å². The van der Waals surface area contributed by atoms with Crippen LogP contribution in [0, 0.1) is 0 Å². The van der Waals surface area contributed by atoms with Crippen LogP contribution in [-0.2, 0) is 4.74 Å². The van der Waals surface area contributed by atoms with Crippen LogP contribution >= 0.6 is 0 Å². The van der Waals surface area contributed by atoms with Crippen LogP contribution in [0.4, 0.5) is 0 Å². The first-order valence-corrected chi connectivity index (χ1v) is 3.52. The lowest BCUT2D eigenvalue weighted by atomic mass is 9.92. The molecule has 1 N–H and O–H groups in total. The molecule has 1 rings (SSSR count). The topological polar surface area (TPSA) is 29.5 Å². The van der Waals surface area contributed by atoms with Gasteiger partial charge >= 0.3 is 0 Å². The van der Waals surface area contributed by atoms with Gasteiger partial charge in [0.2, 0.25) is 0 Å². The van der Waals surface area contributed by atoms with Crippen molar-refractivity contribution in [1.29, 1.82) is 0 Å². The van der Waals surface area contributed by atoms with Crippen molar-refractivity contribution < 1.29 is 9.84 Å². The van der Waals surface area contributed by atoms with Crippen LogP contribution in [0.1, 0.15) is 26.7 Å². The van der Waals surface area contributed by atoms with Gasteiger partial charge in [-0.15, -0.1) is 0 Å². The van der Waals surface area contributed by atoms with Crippen LogP contribution in [0.3, 0.4) is 0 Å². The normalized spacial score (nSPS) is 34.7. The van der Waals surface area contributed by atoms with Gasteiger partial charge in [0.25, 0.3) is 0 Å². The Morgan fingerprint density at radius 3 is 2.33 bits per heavy atom. The Bertz CT molecular complexity index is 84.9.